The number of hydrogen-bond donors (Lipinski definition) is 1. The monoisotopic (exact) mass is 285 g/mol. The van der Waals surface area contributed by atoms with E-state index in [9.17, 15) is 0 Å². The Morgan fingerprint density at radius 3 is 2.10 bits per heavy atom. The molecule has 0 heterocycles. The topological polar surface area (TPSA) is 30.5 Å². The van der Waals surface area contributed by atoms with Crippen LogP contribution < -0.4 is 14.8 Å². The average Bonchev–Trinajstić information content (AvgIpc) is 2.49. The second-order valence-electron chi connectivity index (χ2n) is 4.84. The van der Waals surface area contributed by atoms with Gasteiger partial charge in [-0.25, -0.2) is 0 Å². The molecule has 0 fully saturated rings. The van der Waals surface area contributed by atoms with Gasteiger partial charge in [0.05, 0.1) is 13.2 Å². The van der Waals surface area contributed by atoms with E-state index in [1.807, 2.05) is 32.0 Å². The lowest BCUT2D eigenvalue weighted by molar-refractivity contribution is 0.340. The highest BCUT2D eigenvalue weighted by Crippen LogP contribution is 2.22. The highest BCUT2D eigenvalue weighted by atomic mass is 16.5. The maximum atomic E-state index is 5.50. The van der Waals surface area contributed by atoms with Gasteiger partial charge in [-0.3, -0.25) is 0 Å². The standard InChI is InChI=1S/C18H23NO2/c1-4-20-16-8-6-15(7-9-16)13-19-18-11-10-17(21-5-2)12-14(18)3/h6-12,19H,4-5,13H2,1-3H3. The third-order valence-corrected chi connectivity index (χ3v) is 3.23. The van der Waals surface area contributed by atoms with Gasteiger partial charge >= 0.3 is 0 Å². The van der Waals surface area contributed by atoms with Crippen LogP contribution in [0.25, 0.3) is 0 Å². The largest absolute Gasteiger partial charge is 0.494 e. The summed E-state index contributed by atoms with van der Waals surface area (Å²) in [6, 6.07) is 14.3. The van der Waals surface area contributed by atoms with E-state index in [4.69, 9.17) is 9.47 Å². The number of ether oxygens (including phenoxy) is 2. The van der Waals surface area contributed by atoms with Gasteiger partial charge in [0.25, 0.3) is 0 Å². The molecule has 0 saturated heterocycles. The fourth-order valence-electron chi connectivity index (χ4n) is 2.16. The maximum absolute atomic E-state index is 5.50. The highest BCUT2D eigenvalue weighted by molar-refractivity contribution is 5.53. The summed E-state index contributed by atoms with van der Waals surface area (Å²) in [6.07, 6.45) is 0. The second kappa shape index (κ2) is 7.58. The van der Waals surface area contributed by atoms with Gasteiger partial charge in [-0.2, -0.15) is 0 Å². The van der Waals surface area contributed by atoms with Crippen LogP contribution in [0.5, 0.6) is 11.5 Å². The normalized spacial score (nSPS) is 10.2. The number of hydrogen-bond acceptors (Lipinski definition) is 3. The predicted octanol–water partition coefficient (Wildman–Crippen LogP) is 4.40. The van der Waals surface area contributed by atoms with Crippen molar-refractivity contribution in [1.82, 2.24) is 0 Å². The number of benzene rings is 2. The fraction of sp³-hybridized carbons (Fsp3) is 0.333. The van der Waals surface area contributed by atoms with E-state index < -0.39 is 0 Å². The van der Waals surface area contributed by atoms with Crippen molar-refractivity contribution in [1.29, 1.82) is 0 Å². The van der Waals surface area contributed by atoms with Gasteiger partial charge in [0, 0.05) is 12.2 Å². The van der Waals surface area contributed by atoms with E-state index in [1.54, 1.807) is 0 Å². The van der Waals surface area contributed by atoms with Crippen LogP contribution in [0.15, 0.2) is 42.5 Å². The van der Waals surface area contributed by atoms with Crippen molar-refractivity contribution >= 4 is 5.69 Å². The summed E-state index contributed by atoms with van der Waals surface area (Å²) in [5.74, 6) is 1.83. The first kappa shape index (κ1) is 15.2. The molecular formula is C18H23NO2. The molecule has 3 nitrogen and oxygen atoms in total. The van der Waals surface area contributed by atoms with Crippen molar-refractivity contribution in [2.75, 3.05) is 18.5 Å². The molecule has 0 aliphatic carbocycles. The molecule has 1 N–H and O–H groups in total. The maximum Gasteiger partial charge on any atom is 0.119 e. The lowest BCUT2D eigenvalue weighted by Crippen LogP contribution is -2.02. The van der Waals surface area contributed by atoms with Gasteiger partial charge in [0.15, 0.2) is 0 Å². The van der Waals surface area contributed by atoms with Crippen LogP contribution in [0.4, 0.5) is 5.69 Å². The van der Waals surface area contributed by atoms with E-state index in [0.29, 0.717) is 13.2 Å². The van der Waals surface area contributed by atoms with Crippen LogP contribution in [0, 0.1) is 6.92 Å². The van der Waals surface area contributed by atoms with Gasteiger partial charge in [0.1, 0.15) is 11.5 Å². The Morgan fingerprint density at radius 1 is 0.857 bits per heavy atom. The van der Waals surface area contributed by atoms with E-state index >= 15 is 0 Å². The van der Waals surface area contributed by atoms with Gasteiger partial charge < -0.3 is 14.8 Å². The van der Waals surface area contributed by atoms with Gasteiger partial charge in [-0.15, -0.1) is 0 Å². The molecule has 0 aliphatic rings. The van der Waals surface area contributed by atoms with Crippen molar-refractivity contribution in [3.63, 3.8) is 0 Å². The number of nitrogens with one attached hydrogen (secondary N) is 1. The Kier molecular flexibility index (Phi) is 5.50. The van der Waals surface area contributed by atoms with Crippen molar-refractivity contribution in [2.45, 2.75) is 27.3 Å². The Balaban J connectivity index is 1.96. The quantitative estimate of drug-likeness (QED) is 0.817. The molecule has 0 spiro atoms. The smallest absolute Gasteiger partial charge is 0.119 e. The summed E-state index contributed by atoms with van der Waals surface area (Å²) >= 11 is 0. The molecule has 0 atom stereocenters. The fourth-order valence-corrected chi connectivity index (χ4v) is 2.16. The van der Waals surface area contributed by atoms with Crippen molar-refractivity contribution < 1.29 is 9.47 Å². The minimum absolute atomic E-state index is 0.693. The van der Waals surface area contributed by atoms with Crippen LogP contribution in [0.2, 0.25) is 0 Å². The summed E-state index contributed by atoms with van der Waals surface area (Å²) in [5.41, 5.74) is 3.55. The molecule has 0 bridgehead atoms. The van der Waals surface area contributed by atoms with Gasteiger partial charge in [0.2, 0.25) is 0 Å². The lowest BCUT2D eigenvalue weighted by Gasteiger charge is -2.12. The van der Waals surface area contributed by atoms with E-state index in [-0.39, 0.29) is 0 Å². The van der Waals surface area contributed by atoms with Crippen LogP contribution in [-0.4, -0.2) is 13.2 Å². The zero-order valence-electron chi connectivity index (χ0n) is 13.0. The summed E-state index contributed by atoms with van der Waals surface area (Å²) in [6.45, 7) is 8.25. The summed E-state index contributed by atoms with van der Waals surface area (Å²) < 4.78 is 10.9. The minimum atomic E-state index is 0.693. The molecule has 0 aromatic heterocycles. The zero-order valence-corrected chi connectivity index (χ0v) is 13.0. The minimum Gasteiger partial charge on any atom is -0.494 e. The Hall–Kier alpha value is -2.16. The first-order valence-electron chi connectivity index (χ1n) is 7.42. The Bertz CT molecular complexity index is 564. The molecule has 21 heavy (non-hydrogen) atoms. The first-order chi connectivity index (χ1) is 10.2. The SMILES string of the molecule is CCOc1ccc(CNc2ccc(OCC)cc2C)cc1. The Labute approximate surface area is 126 Å². The summed E-state index contributed by atoms with van der Waals surface area (Å²) in [4.78, 5) is 0. The summed E-state index contributed by atoms with van der Waals surface area (Å²) in [5, 5.41) is 3.45. The van der Waals surface area contributed by atoms with E-state index in [1.165, 1.54) is 11.1 Å². The van der Waals surface area contributed by atoms with E-state index in [2.05, 4.69) is 36.5 Å². The lowest BCUT2D eigenvalue weighted by atomic mass is 10.1. The van der Waals surface area contributed by atoms with Crippen LogP contribution >= 0.6 is 0 Å². The van der Waals surface area contributed by atoms with Crippen LogP contribution in [-0.2, 0) is 6.54 Å². The van der Waals surface area contributed by atoms with Crippen molar-refractivity contribution in [3.8, 4) is 11.5 Å². The van der Waals surface area contributed by atoms with Gasteiger partial charge in [-0.1, -0.05) is 12.1 Å². The van der Waals surface area contributed by atoms with Crippen molar-refractivity contribution in [2.24, 2.45) is 0 Å². The molecule has 2 rings (SSSR count). The first-order valence-corrected chi connectivity index (χ1v) is 7.42. The number of aryl methyl sites for hydroxylation is 1. The molecule has 2 aromatic carbocycles. The van der Waals surface area contributed by atoms with E-state index in [0.717, 1.165) is 23.7 Å². The molecule has 0 radical (unpaired) electrons. The molecule has 0 aliphatic heterocycles. The molecule has 112 valence electrons. The third kappa shape index (κ3) is 4.42. The molecule has 3 heteroatoms. The van der Waals surface area contributed by atoms with Crippen LogP contribution in [0.1, 0.15) is 25.0 Å². The average molecular weight is 285 g/mol. The zero-order chi connectivity index (χ0) is 15.1. The number of rotatable bonds is 7. The molecule has 0 saturated carbocycles. The molecular weight excluding hydrogens is 262 g/mol. The molecule has 2 aromatic rings. The molecule has 0 amide bonds. The molecule has 0 unspecified atom stereocenters. The van der Waals surface area contributed by atoms with Crippen molar-refractivity contribution in [3.05, 3.63) is 53.6 Å². The third-order valence-electron chi connectivity index (χ3n) is 3.23. The number of anilines is 1. The Morgan fingerprint density at radius 2 is 1.48 bits per heavy atom. The van der Waals surface area contributed by atoms with Crippen LogP contribution in [0.3, 0.4) is 0 Å². The predicted molar refractivity (Wildman–Crippen MR) is 87.3 cm³/mol. The highest BCUT2D eigenvalue weighted by Gasteiger charge is 2.01. The second-order valence-corrected chi connectivity index (χ2v) is 4.84. The van der Waals surface area contributed by atoms with Gasteiger partial charge in [-0.05, 0) is 62.2 Å². The summed E-state index contributed by atoms with van der Waals surface area (Å²) in [7, 11) is 0.